The SMILES string of the molecule is Cc1cc(Cl)ccc1OCc1nc(-c2ccc3nc[nH]c3c2)no1. The monoisotopic (exact) mass is 340 g/mol. The van der Waals surface area contributed by atoms with E-state index in [4.69, 9.17) is 20.9 Å². The fourth-order valence-electron chi connectivity index (χ4n) is 2.42. The highest BCUT2D eigenvalue weighted by Crippen LogP contribution is 2.24. The summed E-state index contributed by atoms with van der Waals surface area (Å²) in [5.74, 6) is 1.65. The first kappa shape index (κ1) is 14.7. The van der Waals surface area contributed by atoms with Crippen molar-refractivity contribution in [3.63, 3.8) is 0 Å². The largest absolute Gasteiger partial charge is 0.483 e. The van der Waals surface area contributed by atoms with Crippen molar-refractivity contribution in [3.05, 3.63) is 59.2 Å². The van der Waals surface area contributed by atoms with Crippen molar-refractivity contribution in [1.82, 2.24) is 20.1 Å². The van der Waals surface area contributed by atoms with E-state index in [1.54, 1.807) is 12.4 Å². The van der Waals surface area contributed by atoms with Gasteiger partial charge in [-0.2, -0.15) is 4.98 Å². The minimum absolute atomic E-state index is 0.196. The van der Waals surface area contributed by atoms with Crippen molar-refractivity contribution in [1.29, 1.82) is 0 Å². The zero-order valence-corrected chi connectivity index (χ0v) is 13.5. The van der Waals surface area contributed by atoms with Crippen molar-refractivity contribution in [2.45, 2.75) is 13.5 Å². The molecule has 7 heteroatoms. The predicted octanol–water partition coefficient (Wildman–Crippen LogP) is 4.15. The molecule has 0 unspecified atom stereocenters. The van der Waals surface area contributed by atoms with Gasteiger partial charge in [0.1, 0.15) is 5.75 Å². The lowest BCUT2D eigenvalue weighted by molar-refractivity contribution is 0.242. The lowest BCUT2D eigenvalue weighted by Gasteiger charge is -2.06. The lowest BCUT2D eigenvalue weighted by atomic mass is 10.2. The first-order chi connectivity index (χ1) is 11.7. The Morgan fingerprint density at radius 2 is 2.12 bits per heavy atom. The number of hydrogen-bond acceptors (Lipinski definition) is 5. The number of rotatable bonds is 4. The number of nitrogens with zero attached hydrogens (tertiary/aromatic N) is 3. The van der Waals surface area contributed by atoms with Crippen LogP contribution in [0, 0.1) is 6.92 Å². The summed E-state index contributed by atoms with van der Waals surface area (Å²) >= 11 is 5.94. The van der Waals surface area contributed by atoms with E-state index in [1.807, 2.05) is 37.3 Å². The number of aromatic nitrogens is 4. The number of aryl methyl sites for hydroxylation is 1. The highest BCUT2D eigenvalue weighted by Gasteiger charge is 2.11. The maximum absolute atomic E-state index is 5.94. The Balaban J connectivity index is 1.52. The molecule has 0 atom stereocenters. The summed E-state index contributed by atoms with van der Waals surface area (Å²) in [7, 11) is 0. The first-order valence-corrected chi connectivity index (χ1v) is 7.72. The Morgan fingerprint density at radius 1 is 1.21 bits per heavy atom. The molecule has 0 saturated heterocycles. The van der Waals surface area contributed by atoms with Gasteiger partial charge in [0, 0.05) is 10.6 Å². The van der Waals surface area contributed by atoms with E-state index < -0.39 is 0 Å². The molecule has 0 amide bonds. The Morgan fingerprint density at radius 3 is 3.00 bits per heavy atom. The predicted molar refractivity (Wildman–Crippen MR) is 89.9 cm³/mol. The Kier molecular flexibility index (Phi) is 3.66. The number of fused-ring (bicyclic) bond motifs is 1. The van der Waals surface area contributed by atoms with Crippen molar-refractivity contribution in [2.24, 2.45) is 0 Å². The number of H-pyrrole nitrogens is 1. The quantitative estimate of drug-likeness (QED) is 0.603. The lowest BCUT2D eigenvalue weighted by Crippen LogP contribution is -1.97. The standard InChI is InChI=1S/C17H13ClN4O2/c1-10-6-12(18)3-5-15(10)23-8-16-21-17(22-24-16)11-2-4-13-14(7-11)20-9-19-13/h2-7,9H,8H2,1H3,(H,19,20). The molecule has 0 aliphatic rings. The van der Waals surface area contributed by atoms with Gasteiger partial charge in [-0.3, -0.25) is 0 Å². The molecule has 2 aromatic heterocycles. The van der Waals surface area contributed by atoms with Crippen molar-refractivity contribution >= 4 is 22.6 Å². The number of halogens is 1. The minimum atomic E-state index is 0.196. The van der Waals surface area contributed by atoms with Gasteiger partial charge in [0.25, 0.3) is 5.89 Å². The van der Waals surface area contributed by atoms with Gasteiger partial charge in [-0.1, -0.05) is 16.8 Å². The average molecular weight is 341 g/mol. The smallest absolute Gasteiger partial charge is 0.264 e. The molecule has 0 saturated carbocycles. The van der Waals surface area contributed by atoms with E-state index in [0.717, 1.165) is 27.9 Å². The van der Waals surface area contributed by atoms with E-state index >= 15 is 0 Å². The maximum Gasteiger partial charge on any atom is 0.264 e. The van der Waals surface area contributed by atoms with Crippen LogP contribution in [0.2, 0.25) is 5.02 Å². The van der Waals surface area contributed by atoms with Crippen LogP contribution in [0.4, 0.5) is 0 Å². The van der Waals surface area contributed by atoms with E-state index in [-0.39, 0.29) is 6.61 Å². The molecule has 0 spiro atoms. The van der Waals surface area contributed by atoms with Crippen molar-refractivity contribution < 1.29 is 9.26 Å². The molecule has 2 aromatic carbocycles. The van der Waals surface area contributed by atoms with Gasteiger partial charge in [-0.15, -0.1) is 0 Å². The summed E-state index contributed by atoms with van der Waals surface area (Å²) in [6, 6.07) is 11.2. The van der Waals surface area contributed by atoms with Crippen LogP contribution >= 0.6 is 11.6 Å². The van der Waals surface area contributed by atoms with Gasteiger partial charge >= 0.3 is 0 Å². The van der Waals surface area contributed by atoms with Crippen LogP contribution in [0.5, 0.6) is 5.75 Å². The number of ether oxygens (including phenoxy) is 1. The zero-order chi connectivity index (χ0) is 16.5. The number of aromatic amines is 1. The zero-order valence-electron chi connectivity index (χ0n) is 12.8. The van der Waals surface area contributed by atoms with Crippen LogP contribution in [0.3, 0.4) is 0 Å². The molecule has 0 aliphatic carbocycles. The molecule has 1 N–H and O–H groups in total. The van der Waals surface area contributed by atoms with Gasteiger partial charge < -0.3 is 14.2 Å². The fourth-order valence-corrected chi connectivity index (χ4v) is 2.65. The Bertz CT molecular complexity index is 1010. The molecule has 0 aliphatic heterocycles. The molecule has 4 rings (SSSR count). The maximum atomic E-state index is 5.94. The van der Waals surface area contributed by atoms with Gasteiger partial charge in [-0.05, 0) is 48.9 Å². The van der Waals surface area contributed by atoms with Crippen LogP contribution in [-0.4, -0.2) is 20.1 Å². The molecule has 0 bridgehead atoms. The fraction of sp³-hybridized carbons (Fsp3) is 0.118. The highest BCUT2D eigenvalue weighted by atomic mass is 35.5. The summed E-state index contributed by atoms with van der Waals surface area (Å²) < 4.78 is 11.0. The van der Waals surface area contributed by atoms with Crippen LogP contribution in [0.25, 0.3) is 22.4 Å². The Hall–Kier alpha value is -2.86. The summed E-state index contributed by atoms with van der Waals surface area (Å²) in [5.41, 5.74) is 3.62. The molecular formula is C17H13ClN4O2. The Labute approximate surface area is 142 Å². The molecule has 2 heterocycles. The number of hydrogen-bond donors (Lipinski definition) is 1. The van der Waals surface area contributed by atoms with Crippen molar-refractivity contribution in [3.8, 4) is 17.1 Å². The van der Waals surface area contributed by atoms with Crippen LogP contribution < -0.4 is 4.74 Å². The minimum Gasteiger partial charge on any atom is -0.483 e. The van der Waals surface area contributed by atoms with Gasteiger partial charge in [0.15, 0.2) is 6.61 Å². The van der Waals surface area contributed by atoms with E-state index in [9.17, 15) is 0 Å². The third kappa shape index (κ3) is 2.83. The third-order valence-corrected chi connectivity index (χ3v) is 3.87. The van der Waals surface area contributed by atoms with Gasteiger partial charge in [0.05, 0.1) is 17.4 Å². The first-order valence-electron chi connectivity index (χ1n) is 7.34. The number of benzene rings is 2. The third-order valence-electron chi connectivity index (χ3n) is 3.63. The summed E-state index contributed by atoms with van der Waals surface area (Å²) in [4.78, 5) is 11.6. The van der Waals surface area contributed by atoms with Crippen LogP contribution in [0.15, 0.2) is 47.2 Å². The number of nitrogens with one attached hydrogen (secondary N) is 1. The second kappa shape index (κ2) is 5.98. The molecule has 6 nitrogen and oxygen atoms in total. The van der Waals surface area contributed by atoms with Gasteiger partial charge in [0.2, 0.25) is 5.82 Å². The molecule has 4 aromatic rings. The van der Waals surface area contributed by atoms with Crippen LogP contribution in [0.1, 0.15) is 11.5 Å². The molecule has 0 radical (unpaired) electrons. The number of imidazole rings is 1. The molecule has 0 fully saturated rings. The van der Waals surface area contributed by atoms with Crippen molar-refractivity contribution in [2.75, 3.05) is 0 Å². The topological polar surface area (TPSA) is 76.8 Å². The van der Waals surface area contributed by atoms with E-state index in [1.165, 1.54) is 0 Å². The second-order valence-electron chi connectivity index (χ2n) is 5.34. The molecular weight excluding hydrogens is 328 g/mol. The highest BCUT2D eigenvalue weighted by molar-refractivity contribution is 6.30. The van der Waals surface area contributed by atoms with E-state index in [0.29, 0.717) is 16.7 Å². The molecule has 120 valence electrons. The second-order valence-corrected chi connectivity index (χ2v) is 5.78. The summed E-state index contributed by atoms with van der Waals surface area (Å²) in [6.07, 6.45) is 1.65. The normalized spacial score (nSPS) is 11.1. The average Bonchev–Trinajstić information content (AvgIpc) is 3.22. The summed E-state index contributed by atoms with van der Waals surface area (Å²) in [6.45, 7) is 2.13. The summed E-state index contributed by atoms with van der Waals surface area (Å²) in [5, 5.41) is 4.68. The molecule has 24 heavy (non-hydrogen) atoms. The van der Waals surface area contributed by atoms with Crippen LogP contribution in [-0.2, 0) is 6.61 Å². The van der Waals surface area contributed by atoms with E-state index in [2.05, 4.69) is 20.1 Å². The van der Waals surface area contributed by atoms with Gasteiger partial charge in [-0.25, -0.2) is 4.98 Å².